The van der Waals surface area contributed by atoms with Gasteiger partial charge in [-0.3, -0.25) is 18.9 Å². The fourth-order valence-electron chi connectivity index (χ4n) is 4.23. The Kier molecular flexibility index (Phi) is 9.36. The van der Waals surface area contributed by atoms with Gasteiger partial charge in [0, 0.05) is 18.8 Å². The lowest BCUT2D eigenvalue weighted by molar-refractivity contribution is -0.206. The van der Waals surface area contributed by atoms with E-state index in [0.717, 1.165) is 30.4 Å². The van der Waals surface area contributed by atoms with Crippen LogP contribution in [0.1, 0.15) is 37.5 Å². The zero-order valence-corrected chi connectivity index (χ0v) is 23.0. The highest BCUT2D eigenvalue weighted by Crippen LogP contribution is 2.45. The number of hydrogen-bond donors (Lipinski definition) is 3. The lowest BCUT2D eigenvalue weighted by Gasteiger charge is -2.39. The van der Waals surface area contributed by atoms with Gasteiger partial charge in [-0.25, -0.2) is 4.39 Å². The molecule has 12 heteroatoms. The number of ether oxygens (including phenoxy) is 2. The number of benzene rings is 2. The highest BCUT2D eigenvalue weighted by molar-refractivity contribution is 8.25. The molecule has 1 heterocycles. The number of Topliss-reactive ketones (excluding diaryl/α,β-unsaturated/α-hetero) is 1. The number of anilines is 1. The van der Waals surface area contributed by atoms with Gasteiger partial charge in [-0.05, 0) is 40.7 Å². The highest BCUT2D eigenvalue weighted by atomic mass is 32.3. The molecule has 39 heavy (non-hydrogen) atoms. The molecular formula is C27H34F4N2O5S. The molecular weight excluding hydrogens is 540 g/mol. The van der Waals surface area contributed by atoms with E-state index in [1.54, 1.807) is 0 Å². The summed E-state index contributed by atoms with van der Waals surface area (Å²) in [6, 6.07) is 9.83. The molecule has 2 atom stereocenters. The predicted octanol–water partition coefficient (Wildman–Crippen LogP) is 5.79. The van der Waals surface area contributed by atoms with E-state index in [9.17, 15) is 31.5 Å². The minimum absolute atomic E-state index is 0.0111. The Morgan fingerprint density at radius 2 is 1.85 bits per heavy atom. The van der Waals surface area contributed by atoms with Crippen LogP contribution < -0.4 is 10.5 Å². The Balaban J connectivity index is 1.85. The molecule has 0 spiro atoms. The molecule has 0 bridgehead atoms. The van der Waals surface area contributed by atoms with Crippen LogP contribution in [0.25, 0.3) is 0 Å². The average Bonchev–Trinajstić information content (AvgIpc) is 2.81. The number of rotatable bonds is 8. The number of carbonyl (C=O) groups is 1. The maximum Gasteiger partial charge on any atom is 0.427 e. The zero-order valence-electron chi connectivity index (χ0n) is 22.2. The third-order valence-corrected chi connectivity index (χ3v) is 7.99. The van der Waals surface area contributed by atoms with Crippen molar-refractivity contribution >= 4 is 27.8 Å². The van der Waals surface area contributed by atoms with Crippen molar-refractivity contribution in [1.82, 2.24) is 0 Å². The summed E-state index contributed by atoms with van der Waals surface area (Å²) in [6.45, 7) is 5.52. The van der Waals surface area contributed by atoms with Crippen LogP contribution in [0.5, 0.6) is 5.75 Å². The van der Waals surface area contributed by atoms with E-state index < -0.39 is 58.4 Å². The lowest BCUT2D eigenvalue weighted by atomic mass is 9.86. The van der Waals surface area contributed by atoms with Crippen LogP contribution in [-0.4, -0.2) is 58.1 Å². The van der Waals surface area contributed by atoms with E-state index in [4.69, 9.17) is 10.5 Å². The number of methoxy groups -OCH3 is 1. The normalized spacial score (nSPS) is 20.6. The Labute approximate surface area is 226 Å². The number of nitrogen functional groups attached to an aromatic ring is 1. The van der Waals surface area contributed by atoms with Gasteiger partial charge < -0.3 is 15.2 Å². The van der Waals surface area contributed by atoms with E-state index in [2.05, 4.69) is 30.5 Å². The molecule has 0 aromatic heterocycles. The molecule has 216 valence electrons. The van der Waals surface area contributed by atoms with Crippen LogP contribution in [0, 0.1) is 11.7 Å². The largest absolute Gasteiger partial charge is 0.476 e. The van der Waals surface area contributed by atoms with Gasteiger partial charge in [-0.2, -0.15) is 23.8 Å². The molecule has 0 aliphatic carbocycles. The van der Waals surface area contributed by atoms with Gasteiger partial charge in [-0.15, -0.1) is 0 Å². The van der Waals surface area contributed by atoms with Crippen molar-refractivity contribution in [3.63, 3.8) is 0 Å². The quantitative estimate of drug-likeness (QED) is 0.272. The molecule has 0 unspecified atom stereocenters. The molecule has 1 aliphatic rings. The summed E-state index contributed by atoms with van der Waals surface area (Å²) < 4.78 is 85.0. The predicted molar refractivity (Wildman–Crippen MR) is 144 cm³/mol. The maximum absolute atomic E-state index is 14.6. The molecule has 3 rings (SSSR count). The minimum Gasteiger partial charge on any atom is -0.476 e. The third kappa shape index (κ3) is 8.17. The second-order valence-electron chi connectivity index (χ2n) is 10.7. The smallest absolute Gasteiger partial charge is 0.427 e. The van der Waals surface area contributed by atoms with Crippen LogP contribution >= 0.6 is 10.6 Å². The molecule has 0 radical (unpaired) electrons. The maximum atomic E-state index is 14.6. The standard InChI is InChI=1S/C27H34F4N2O5S/c1-26(2,3)19-7-5-6-16(9-19)12-33-21-15-39(35,36)14-18(25(21)34)8-17-10-20(28)24(32)22(11-17)38-23(13-37-4)27(29,30)31/h5-7,9-11,18,23,35-36H,8,12-15,32H2,1-4H3/t18-,23-/m1/s1. The van der Waals surface area contributed by atoms with Gasteiger partial charge in [0.15, 0.2) is 5.78 Å². The van der Waals surface area contributed by atoms with Crippen molar-refractivity contribution in [2.24, 2.45) is 10.9 Å². The van der Waals surface area contributed by atoms with Gasteiger partial charge in [-0.1, -0.05) is 45.0 Å². The van der Waals surface area contributed by atoms with Crippen molar-refractivity contribution in [3.8, 4) is 5.75 Å². The summed E-state index contributed by atoms with van der Waals surface area (Å²) in [5.74, 6) is -3.55. The van der Waals surface area contributed by atoms with E-state index in [1.165, 1.54) is 0 Å². The second-order valence-corrected chi connectivity index (χ2v) is 12.9. The van der Waals surface area contributed by atoms with E-state index in [-0.39, 0.29) is 41.2 Å². The average molecular weight is 575 g/mol. The topological polar surface area (TPSA) is 114 Å². The summed E-state index contributed by atoms with van der Waals surface area (Å²) in [7, 11) is -2.15. The van der Waals surface area contributed by atoms with Gasteiger partial charge in [0.05, 0.1) is 24.6 Å². The van der Waals surface area contributed by atoms with Gasteiger partial charge >= 0.3 is 6.18 Å². The lowest BCUT2D eigenvalue weighted by Crippen LogP contribution is -2.40. The summed E-state index contributed by atoms with van der Waals surface area (Å²) in [4.78, 5) is 17.6. The Morgan fingerprint density at radius 1 is 1.15 bits per heavy atom. The molecule has 0 saturated carbocycles. The van der Waals surface area contributed by atoms with E-state index >= 15 is 0 Å². The third-order valence-electron chi connectivity index (χ3n) is 6.32. The number of nitrogens with two attached hydrogens (primary N) is 1. The molecule has 1 aliphatic heterocycles. The number of hydrogen-bond acceptors (Lipinski definition) is 7. The molecule has 1 saturated heterocycles. The Hall–Kier alpha value is -2.67. The van der Waals surface area contributed by atoms with E-state index in [0.29, 0.717) is 0 Å². The first-order valence-electron chi connectivity index (χ1n) is 12.2. The summed E-state index contributed by atoms with van der Waals surface area (Å²) in [5.41, 5.74) is 6.97. The molecule has 2 aromatic rings. The van der Waals surface area contributed by atoms with Crippen LogP contribution in [0.4, 0.5) is 23.2 Å². The van der Waals surface area contributed by atoms with Crippen LogP contribution in [-0.2, 0) is 27.9 Å². The number of alkyl halides is 3. The van der Waals surface area contributed by atoms with Gasteiger partial charge in [0.25, 0.3) is 0 Å². The van der Waals surface area contributed by atoms with Crippen molar-refractivity contribution in [2.75, 3.05) is 31.0 Å². The van der Waals surface area contributed by atoms with Crippen LogP contribution in [0.2, 0.25) is 0 Å². The van der Waals surface area contributed by atoms with Crippen molar-refractivity contribution in [1.29, 1.82) is 0 Å². The first-order valence-corrected chi connectivity index (χ1v) is 14.1. The molecule has 0 amide bonds. The summed E-state index contributed by atoms with van der Waals surface area (Å²) in [6.07, 6.45) is -7.37. The Bertz CT molecular complexity index is 1230. The monoisotopic (exact) mass is 574 g/mol. The van der Waals surface area contributed by atoms with Crippen LogP contribution in [0.3, 0.4) is 0 Å². The van der Waals surface area contributed by atoms with Gasteiger partial charge in [0.2, 0.25) is 6.10 Å². The zero-order chi connectivity index (χ0) is 29.2. The fraction of sp³-hybridized carbons (Fsp3) is 0.481. The van der Waals surface area contributed by atoms with Crippen molar-refractivity contribution in [2.45, 2.75) is 51.4 Å². The molecule has 7 nitrogen and oxygen atoms in total. The number of nitrogens with zero attached hydrogens (tertiary/aromatic N) is 1. The first kappa shape index (κ1) is 30.9. The number of ketones is 1. The van der Waals surface area contributed by atoms with Crippen molar-refractivity contribution < 1.29 is 40.9 Å². The molecule has 4 N–H and O–H groups in total. The first-order chi connectivity index (χ1) is 18.0. The van der Waals surface area contributed by atoms with Gasteiger partial charge in [0.1, 0.15) is 17.3 Å². The Morgan fingerprint density at radius 3 is 2.46 bits per heavy atom. The number of halogens is 4. The van der Waals surface area contributed by atoms with Crippen molar-refractivity contribution in [3.05, 3.63) is 58.9 Å². The molecule has 1 fully saturated rings. The number of carbonyl (C=O) groups excluding carboxylic acids is 1. The summed E-state index contributed by atoms with van der Waals surface area (Å²) >= 11 is 0. The van der Waals surface area contributed by atoms with E-state index in [1.807, 2.05) is 24.3 Å². The SMILES string of the molecule is COC[C@@H](Oc1cc(C[C@@H]2CS(O)(O)CC(=NCc3cccc(C(C)(C)C)c3)C2=O)cc(F)c1N)C(F)(F)F. The fourth-order valence-corrected chi connectivity index (χ4v) is 5.93. The number of aliphatic imine (C=N–C) groups is 1. The summed E-state index contributed by atoms with van der Waals surface area (Å²) in [5, 5.41) is 0. The minimum atomic E-state index is -4.80. The van der Waals surface area contributed by atoms with Crippen LogP contribution in [0.15, 0.2) is 41.4 Å². The highest BCUT2D eigenvalue weighted by Gasteiger charge is 2.42. The second kappa shape index (κ2) is 11.8. The molecule has 2 aromatic carbocycles.